The number of thiazole rings is 1. The zero-order valence-electron chi connectivity index (χ0n) is 18.6. The van der Waals surface area contributed by atoms with Crippen molar-refractivity contribution in [3.8, 4) is 5.75 Å². The second kappa shape index (κ2) is 10.2. The summed E-state index contributed by atoms with van der Waals surface area (Å²) in [4.78, 5) is 19.6. The normalized spacial score (nSPS) is 14.6. The number of benzene rings is 2. The van der Waals surface area contributed by atoms with Gasteiger partial charge in [0.25, 0.3) is 5.91 Å². The lowest BCUT2D eigenvalue weighted by Crippen LogP contribution is -2.35. The van der Waals surface area contributed by atoms with Gasteiger partial charge in [0.1, 0.15) is 10.6 Å². The van der Waals surface area contributed by atoms with Gasteiger partial charge in [-0.15, -0.1) is 0 Å². The average molecular weight is 490 g/mol. The number of fused-ring (bicyclic) bond motifs is 1. The molecule has 4 rings (SSSR count). The van der Waals surface area contributed by atoms with E-state index in [0.29, 0.717) is 11.7 Å². The van der Waals surface area contributed by atoms with Crippen molar-refractivity contribution in [3.63, 3.8) is 0 Å². The number of hydrogen-bond acceptors (Lipinski definition) is 7. The van der Waals surface area contributed by atoms with E-state index in [1.54, 1.807) is 13.2 Å². The van der Waals surface area contributed by atoms with Gasteiger partial charge in [-0.1, -0.05) is 36.3 Å². The minimum Gasteiger partial charge on any atom is -0.495 e. The van der Waals surface area contributed by atoms with Crippen LogP contribution >= 0.6 is 11.3 Å². The van der Waals surface area contributed by atoms with Crippen molar-refractivity contribution in [2.24, 2.45) is 0 Å². The Bertz CT molecular complexity index is 1200. The van der Waals surface area contributed by atoms with E-state index in [-0.39, 0.29) is 34.7 Å². The zero-order valence-corrected chi connectivity index (χ0v) is 20.2. The molecule has 1 saturated carbocycles. The summed E-state index contributed by atoms with van der Waals surface area (Å²) in [6, 6.07) is 12.0. The summed E-state index contributed by atoms with van der Waals surface area (Å²) in [7, 11) is -0.876. The van der Waals surface area contributed by atoms with Gasteiger partial charge in [0.2, 0.25) is 10.0 Å². The Morgan fingerprint density at radius 3 is 2.64 bits per heavy atom. The van der Waals surface area contributed by atoms with Gasteiger partial charge in [0, 0.05) is 18.7 Å². The van der Waals surface area contributed by atoms with Crippen LogP contribution in [0.3, 0.4) is 0 Å². The third kappa shape index (κ3) is 5.19. The molecule has 1 fully saturated rings. The molecule has 1 heterocycles. The van der Waals surface area contributed by atoms with Crippen LogP contribution in [0.4, 0.5) is 5.13 Å². The van der Waals surface area contributed by atoms with Gasteiger partial charge < -0.3 is 9.47 Å². The molecule has 176 valence electrons. The molecule has 1 N–H and O–H groups in total. The van der Waals surface area contributed by atoms with Crippen LogP contribution in [0.15, 0.2) is 47.4 Å². The number of amides is 1. The number of nitrogens with one attached hydrogen (secondary N) is 1. The Balaban J connectivity index is 1.69. The fourth-order valence-corrected chi connectivity index (χ4v) is 6.43. The molecule has 0 unspecified atom stereocenters. The van der Waals surface area contributed by atoms with E-state index >= 15 is 0 Å². The molecular formula is C23H27N3O5S2. The first-order valence-corrected chi connectivity index (χ1v) is 13.1. The number of aromatic nitrogens is 1. The summed E-state index contributed by atoms with van der Waals surface area (Å²) in [6.07, 6.45) is 3.62. The summed E-state index contributed by atoms with van der Waals surface area (Å²) in [5, 5.41) is 0.530. The summed E-state index contributed by atoms with van der Waals surface area (Å²) < 4.78 is 40.5. The highest BCUT2D eigenvalue weighted by atomic mass is 32.2. The largest absolute Gasteiger partial charge is 0.495 e. The van der Waals surface area contributed by atoms with Gasteiger partial charge in [0.05, 0.1) is 30.5 Å². The Labute approximate surface area is 197 Å². The van der Waals surface area contributed by atoms with Crippen molar-refractivity contribution in [1.29, 1.82) is 0 Å². The molecule has 8 nitrogen and oxygen atoms in total. The molecule has 33 heavy (non-hydrogen) atoms. The van der Waals surface area contributed by atoms with E-state index in [9.17, 15) is 13.2 Å². The molecule has 0 saturated heterocycles. The molecule has 10 heteroatoms. The van der Waals surface area contributed by atoms with Gasteiger partial charge in [-0.25, -0.2) is 18.1 Å². The molecule has 0 spiro atoms. The SMILES string of the molecule is COCCN(C(=O)c1ccc(OC)c(S(=O)(=O)NC2CCCC2)c1)c1nc2ccccc2s1. The van der Waals surface area contributed by atoms with Crippen LogP contribution in [-0.4, -0.2) is 52.7 Å². The maximum Gasteiger partial charge on any atom is 0.260 e. The van der Waals surface area contributed by atoms with E-state index in [0.717, 1.165) is 35.9 Å². The summed E-state index contributed by atoms with van der Waals surface area (Å²) in [5.41, 5.74) is 1.03. The van der Waals surface area contributed by atoms with E-state index in [1.807, 2.05) is 24.3 Å². The number of anilines is 1. The molecular weight excluding hydrogens is 462 g/mol. The van der Waals surface area contributed by atoms with Crippen molar-refractivity contribution in [2.75, 3.05) is 32.3 Å². The lowest BCUT2D eigenvalue weighted by Gasteiger charge is -2.21. The lowest BCUT2D eigenvalue weighted by molar-refractivity contribution is 0.0975. The number of carbonyl (C=O) groups excluding carboxylic acids is 1. The third-order valence-corrected chi connectivity index (χ3v) is 8.26. The molecule has 1 aromatic heterocycles. The fraction of sp³-hybridized carbons (Fsp3) is 0.391. The minimum absolute atomic E-state index is 0.0428. The lowest BCUT2D eigenvalue weighted by atomic mass is 10.2. The van der Waals surface area contributed by atoms with Crippen LogP contribution < -0.4 is 14.4 Å². The van der Waals surface area contributed by atoms with Gasteiger partial charge in [-0.2, -0.15) is 0 Å². The number of carbonyl (C=O) groups is 1. The van der Waals surface area contributed by atoms with E-state index in [2.05, 4.69) is 9.71 Å². The number of methoxy groups -OCH3 is 2. The molecule has 2 aromatic carbocycles. The number of rotatable bonds is 9. The third-order valence-electron chi connectivity index (χ3n) is 5.65. The standard InChI is InChI=1S/C23H27N3O5S2/c1-30-14-13-26(23-24-18-9-5-6-10-20(18)32-23)22(27)16-11-12-19(31-2)21(15-16)33(28,29)25-17-7-3-4-8-17/h5-6,9-12,15,17,25H,3-4,7-8,13-14H2,1-2H3. The van der Waals surface area contributed by atoms with Gasteiger partial charge in [-0.3, -0.25) is 9.69 Å². The second-order valence-corrected chi connectivity index (χ2v) is 10.6. The van der Waals surface area contributed by atoms with Crippen LogP contribution in [0.25, 0.3) is 10.2 Å². The van der Waals surface area contributed by atoms with Crippen molar-refractivity contribution < 1.29 is 22.7 Å². The number of para-hydroxylation sites is 1. The predicted octanol–water partition coefficient (Wildman–Crippen LogP) is 3.82. The highest BCUT2D eigenvalue weighted by Crippen LogP contribution is 2.31. The molecule has 0 radical (unpaired) electrons. The Morgan fingerprint density at radius 2 is 1.94 bits per heavy atom. The Hall–Kier alpha value is -2.53. The van der Waals surface area contributed by atoms with Crippen LogP contribution in [0, 0.1) is 0 Å². The Kier molecular flexibility index (Phi) is 7.28. The second-order valence-electron chi connectivity index (χ2n) is 7.88. The Morgan fingerprint density at radius 1 is 1.18 bits per heavy atom. The van der Waals surface area contributed by atoms with E-state index in [1.165, 1.54) is 35.5 Å². The van der Waals surface area contributed by atoms with Crippen LogP contribution in [-0.2, 0) is 14.8 Å². The number of ether oxygens (including phenoxy) is 2. The topological polar surface area (TPSA) is 97.8 Å². The quantitative estimate of drug-likeness (QED) is 0.491. The number of hydrogen-bond donors (Lipinski definition) is 1. The molecule has 0 aliphatic heterocycles. The van der Waals surface area contributed by atoms with Crippen molar-refractivity contribution in [3.05, 3.63) is 48.0 Å². The van der Waals surface area contributed by atoms with Gasteiger partial charge in [0.15, 0.2) is 5.13 Å². The first-order valence-electron chi connectivity index (χ1n) is 10.8. The van der Waals surface area contributed by atoms with Crippen molar-refractivity contribution in [1.82, 2.24) is 9.71 Å². The predicted molar refractivity (Wildman–Crippen MR) is 129 cm³/mol. The zero-order chi connectivity index (χ0) is 23.4. The fourth-order valence-electron chi connectivity index (χ4n) is 3.94. The molecule has 3 aromatic rings. The molecule has 1 amide bonds. The summed E-state index contributed by atoms with van der Waals surface area (Å²) in [5.74, 6) is -0.161. The monoisotopic (exact) mass is 489 g/mol. The maximum atomic E-state index is 13.5. The van der Waals surface area contributed by atoms with Crippen molar-refractivity contribution in [2.45, 2.75) is 36.6 Å². The summed E-state index contributed by atoms with van der Waals surface area (Å²) in [6.45, 7) is 0.593. The van der Waals surface area contributed by atoms with Gasteiger partial charge in [-0.05, 0) is 43.2 Å². The first kappa shape index (κ1) is 23.6. The van der Waals surface area contributed by atoms with Crippen LogP contribution in [0.1, 0.15) is 36.0 Å². The molecule has 1 aliphatic carbocycles. The van der Waals surface area contributed by atoms with E-state index in [4.69, 9.17) is 9.47 Å². The number of sulfonamides is 1. The highest BCUT2D eigenvalue weighted by molar-refractivity contribution is 7.89. The maximum absolute atomic E-state index is 13.5. The smallest absolute Gasteiger partial charge is 0.260 e. The average Bonchev–Trinajstić information content (AvgIpc) is 3.48. The molecule has 0 atom stereocenters. The molecule has 1 aliphatic rings. The van der Waals surface area contributed by atoms with Crippen LogP contribution in [0.2, 0.25) is 0 Å². The highest BCUT2D eigenvalue weighted by Gasteiger charge is 2.28. The minimum atomic E-state index is -3.85. The van der Waals surface area contributed by atoms with Crippen molar-refractivity contribution >= 4 is 42.6 Å². The van der Waals surface area contributed by atoms with Crippen LogP contribution in [0.5, 0.6) is 5.75 Å². The summed E-state index contributed by atoms with van der Waals surface area (Å²) >= 11 is 1.40. The first-order chi connectivity index (χ1) is 15.9. The van der Waals surface area contributed by atoms with Gasteiger partial charge >= 0.3 is 0 Å². The van der Waals surface area contributed by atoms with E-state index < -0.39 is 10.0 Å². The molecule has 0 bridgehead atoms. The number of nitrogens with zero attached hydrogens (tertiary/aromatic N) is 2.